The second kappa shape index (κ2) is 5.65. The number of benzene rings is 1. The molecule has 0 bridgehead atoms. The van der Waals surface area contributed by atoms with Crippen molar-refractivity contribution in [3.63, 3.8) is 0 Å². The maximum Gasteiger partial charge on any atom is 0.0623 e. The Morgan fingerprint density at radius 3 is 2.41 bits per heavy atom. The second-order valence-corrected chi connectivity index (χ2v) is 5.45. The Hall–Kier alpha value is -0.860. The highest BCUT2D eigenvalue weighted by molar-refractivity contribution is 5.31. The summed E-state index contributed by atoms with van der Waals surface area (Å²) in [5, 5.41) is 0. The highest BCUT2D eigenvalue weighted by Gasteiger charge is 2.18. The zero-order valence-corrected chi connectivity index (χ0v) is 11.7. The molecule has 0 heterocycles. The Morgan fingerprint density at radius 1 is 1.24 bits per heavy atom. The van der Waals surface area contributed by atoms with E-state index in [-0.39, 0.29) is 11.6 Å². The summed E-state index contributed by atoms with van der Waals surface area (Å²) in [5.74, 6) is 0. The Kier molecular flexibility index (Phi) is 4.72. The fourth-order valence-electron chi connectivity index (χ4n) is 1.77. The first-order chi connectivity index (χ1) is 7.85. The van der Waals surface area contributed by atoms with Gasteiger partial charge in [0.1, 0.15) is 0 Å². The van der Waals surface area contributed by atoms with Crippen LogP contribution in [-0.2, 0) is 4.74 Å². The first-order valence-electron chi connectivity index (χ1n) is 6.23. The largest absolute Gasteiger partial charge is 0.379 e. The highest BCUT2D eigenvalue weighted by Crippen LogP contribution is 2.24. The molecular formula is C15H25NO. The van der Waals surface area contributed by atoms with Crippen molar-refractivity contribution in [2.45, 2.75) is 52.2 Å². The second-order valence-electron chi connectivity index (χ2n) is 5.45. The fraction of sp³-hybridized carbons (Fsp3) is 0.600. The van der Waals surface area contributed by atoms with E-state index in [9.17, 15) is 0 Å². The van der Waals surface area contributed by atoms with E-state index in [2.05, 4.69) is 45.9 Å². The third-order valence-electron chi connectivity index (χ3n) is 3.57. The minimum atomic E-state index is -0.0860. The summed E-state index contributed by atoms with van der Waals surface area (Å²) in [5.41, 5.74) is 9.98. The van der Waals surface area contributed by atoms with E-state index in [4.69, 9.17) is 10.5 Å². The van der Waals surface area contributed by atoms with Gasteiger partial charge in [0.15, 0.2) is 0 Å². The molecule has 1 rings (SSSR count). The molecule has 0 aliphatic carbocycles. The third-order valence-corrected chi connectivity index (χ3v) is 3.57. The van der Waals surface area contributed by atoms with Crippen molar-refractivity contribution in [2.75, 3.05) is 7.11 Å². The van der Waals surface area contributed by atoms with Crippen molar-refractivity contribution in [1.82, 2.24) is 0 Å². The Balaban J connectivity index is 2.64. The number of rotatable bonds is 5. The van der Waals surface area contributed by atoms with Crippen LogP contribution >= 0.6 is 0 Å². The van der Waals surface area contributed by atoms with Gasteiger partial charge >= 0.3 is 0 Å². The van der Waals surface area contributed by atoms with Crippen LogP contribution in [0.3, 0.4) is 0 Å². The predicted octanol–water partition coefficient (Wildman–Crippen LogP) is 3.51. The maximum absolute atomic E-state index is 6.22. The van der Waals surface area contributed by atoms with Gasteiger partial charge in [0.25, 0.3) is 0 Å². The summed E-state index contributed by atoms with van der Waals surface area (Å²) in [7, 11) is 1.75. The van der Waals surface area contributed by atoms with Gasteiger partial charge in [-0.2, -0.15) is 0 Å². The quantitative estimate of drug-likeness (QED) is 0.847. The maximum atomic E-state index is 6.22. The van der Waals surface area contributed by atoms with E-state index in [1.54, 1.807) is 7.11 Å². The Bertz CT molecular complexity index is 371. The molecule has 0 aliphatic rings. The summed E-state index contributed by atoms with van der Waals surface area (Å²) >= 11 is 0. The van der Waals surface area contributed by atoms with E-state index in [1.165, 1.54) is 16.7 Å². The van der Waals surface area contributed by atoms with Crippen molar-refractivity contribution >= 4 is 0 Å². The molecule has 0 spiro atoms. The van der Waals surface area contributed by atoms with Gasteiger partial charge in [-0.15, -0.1) is 0 Å². The smallest absolute Gasteiger partial charge is 0.0623 e. The summed E-state index contributed by atoms with van der Waals surface area (Å²) in [6.07, 6.45) is 1.92. The molecule has 0 aromatic heterocycles. The first-order valence-corrected chi connectivity index (χ1v) is 6.23. The number of hydrogen-bond acceptors (Lipinski definition) is 2. The van der Waals surface area contributed by atoms with Gasteiger partial charge in [0.05, 0.1) is 5.60 Å². The molecule has 2 nitrogen and oxygen atoms in total. The average molecular weight is 235 g/mol. The number of hydrogen-bond donors (Lipinski definition) is 1. The van der Waals surface area contributed by atoms with Crippen LogP contribution in [0.5, 0.6) is 0 Å². The molecule has 1 unspecified atom stereocenters. The van der Waals surface area contributed by atoms with Crippen LogP contribution in [0.15, 0.2) is 18.2 Å². The normalized spacial score (nSPS) is 13.8. The molecule has 0 saturated carbocycles. The van der Waals surface area contributed by atoms with Gasteiger partial charge in [-0.1, -0.05) is 18.2 Å². The van der Waals surface area contributed by atoms with E-state index in [0.717, 1.165) is 12.8 Å². The van der Waals surface area contributed by atoms with Gasteiger partial charge < -0.3 is 10.5 Å². The number of nitrogens with two attached hydrogens (primary N) is 1. The minimum absolute atomic E-state index is 0.0860. The van der Waals surface area contributed by atoms with Crippen LogP contribution in [0, 0.1) is 13.8 Å². The molecule has 17 heavy (non-hydrogen) atoms. The third kappa shape index (κ3) is 4.14. The van der Waals surface area contributed by atoms with E-state index >= 15 is 0 Å². The minimum Gasteiger partial charge on any atom is -0.379 e. The lowest BCUT2D eigenvalue weighted by molar-refractivity contribution is 0.0125. The van der Waals surface area contributed by atoms with Crippen molar-refractivity contribution in [3.8, 4) is 0 Å². The van der Waals surface area contributed by atoms with E-state index < -0.39 is 0 Å². The molecule has 0 aliphatic heterocycles. The van der Waals surface area contributed by atoms with Gasteiger partial charge in [0.2, 0.25) is 0 Å². The summed E-state index contributed by atoms with van der Waals surface area (Å²) in [4.78, 5) is 0. The van der Waals surface area contributed by atoms with Crippen LogP contribution < -0.4 is 5.73 Å². The van der Waals surface area contributed by atoms with E-state index in [1.807, 2.05) is 0 Å². The van der Waals surface area contributed by atoms with Crippen LogP contribution in [0.25, 0.3) is 0 Å². The summed E-state index contributed by atoms with van der Waals surface area (Å²) in [6, 6.07) is 6.57. The number of ether oxygens (including phenoxy) is 1. The predicted molar refractivity (Wildman–Crippen MR) is 73.2 cm³/mol. The number of aryl methyl sites for hydroxylation is 2. The van der Waals surface area contributed by atoms with E-state index in [0.29, 0.717) is 0 Å². The van der Waals surface area contributed by atoms with Crippen LogP contribution in [0.2, 0.25) is 0 Å². The van der Waals surface area contributed by atoms with Gasteiger partial charge in [0, 0.05) is 13.2 Å². The lowest BCUT2D eigenvalue weighted by Gasteiger charge is -2.24. The fourth-order valence-corrected chi connectivity index (χ4v) is 1.77. The molecule has 0 radical (unpaired) electrons. The lowest BCUT2D eigenvalue weighted by atomic mass is 9.94. The van der Waals surface area contributed by atoms with Crippen molar-refractivity contribution in [2.24, 2.45) is 5.73 Å². The van der Waals surface area contributed by atoms with Gasteiger partial charge in [-0.3, -0.25) is 0 Å². The molecule has 1 aromatic rings. The Labute approximate surface area is 105 Å². The van der Waals surface area contributed by atoms with Crippen LogP contribution in [0.4, 0.5) is 0 Å². The van der Waals surface area contributed by atoms with Gasteiger partial charge in [-0.25, -0.2) is 0 Å². The molecule has 0 saturated heterocycles. The topological polar surface area (TPSA) is 35.2 Å². The standard InChI is InChI=1S/C15H25NO/c1-11-6-7-13(10-12(11)2)14(16)8-9-15(3,4)17-5/h6-7,10,14H,8-9,16H2,1-5H3. The summed E-state index contributed by atoms with van der Waals surface area (Å²) in [6.45, 7) is 8.45. The molecule has 2 heteroatoms. The SMILES string of the molecule is COC(C)(C)CCC(N)c1ccc(C)c(C)c1. The van der Waals surface area contributed by atoms with Crippen LogP contribution in [0.1, 0.15) is 49.4 Å². The monoisotopic (exact) mass is 235 g/mol. The number of methoxy groups -OCH3 is 1. The molecule has 1 aromatic carbocycles. The molecular weight excluding hydrogens is 210 g/mol. The molecule has 0 amide bonds. The van der Waals surface area contributed by atoms with Crippen molar-refractivity contribution < 1.29 is 4.74 Å². The van der Waals surface area contributed by atoms with Crippen LogP contribution in [-0.4, -0.2) is 12.7 Å². The molecule has 0 fully saturated rings. The lowest BCUT2D eigenvalue weighted by Crippen LogP contribution is -2.24. The molecule has 1 atom stereocenters. The zero-order valence-electron chi connectivity index (χ0n) is 11.7. The van der Waals surface area contributed by atoms with Crippen molar-refractivity contribution in [3.05, 3.63) is 34.9 Å². The van der Waals surface area contributed by atoms with Crippen molar-refractivity contribution in [1.29, 1.82) is 0 Å². The average Bonchev–Trinajstić information content (AvgIpc) is 2.30. The Morgan fingerprint density at radius 2 is 1.88 bits per heavy atom. The zero-order chi connectivity index (χ0) is 13.1. The summed E-state index contributed by atoms with van der Waals surface area (Å²) < 4.78 is 5.41. The molecule has 96 valence electrons. The molecule has 2 N–H and O–H groups in total. The highest BCUT2D eigenvalue weighted by atomic mass is 16.5. The van der Waals surface area contributed by atoms with Gasteiger partial charge in [-0.05, 0) is 57.2 Å². The first kappa shape index (κ1) is 14.2.